The molecule has 0 aliphatic carbocycles. The highest BCUT2D eigenvalue weighted by Gasteiger charge is 2.24. The fourth-order valence-corrected chi connectivity index (χ4v) is 3.38. The van der Waals surface area contributed by atoms with Crippen LogP contribution in [0, 0.1) is 20.8 Å². The number of hydrogen-bond donors (Lipinski definition) is 0. The fraction of sp³-hybridized carbons (Fsp3) is 0.471. The number of halogens is 1. The van der Waals surface area contributed by atoms with E-state index < -0.39 is 0 Å². The number of amides is 1. The minimum atomic E-state index is 0.169. The number of carbonyl (C=O) groups is 1. The number of piperazine rings is 1. The van der Waals surface area contributed by atoms with Gasteiger partial charge in [0, 0.05) is 42.8 Å². The van der Waals surface area contributed by atoms with Crippen LogP contribution >= 0.6 is 15.9 Å². The molecule has 1 aliphatic rings. The monoisotopic (exact) mass is 350 g/mol. The molecule has 1 aromatic carbocycles. The molecule has 1 amide bonds. The van der Waals surface area contributed by atoms with Crippen molar-refractivity contribution in [3.8, 4) is 0 Å². The summed E-state index contributed by atoms with van der Waals surface area (Å²) >= 11 is 3.40. The van der Waals surface area contributed by atoms with Crippen LogP contribution in [0.3, 0.4) is 0 Å². The Morgan fingerprint density at radius 2 is 1.67 bits per heavy atom. The summed E-state index contributed by atoms with van der Waals surface area (Å²) in [4.78, 5) is 17.0. The standard InChI is InChI=1S/C17H23BrN2O/c1-12-9-13(2)16(14(3)10-12)17(21)20-7-5-19(6-8-20)11-15(4)18/h9-10H,4-8,11H2,1-3H3. The van der Waals surface area contributed by atoms with E-state index in [9.17, 15) is 4.79 Å². The Balaban J connectivity index is 2.07. The molecule has 0 radical (unpaired) electrons. The molecule has 21 heavy (non-hydrogen) atoms. The van der Waals surface area contributed by atoms with E-state index in [-0.39, 0.29) is 5.91 Å². The zero-order valence-corrected chi connectivity index (χ0v) is 14.7. The zero-order valence-electron chi connectivity index (χ0n) is 13.1. The lowest BCUT2D eigenvalue weighted by Gasteiger charge is -2.35. The summed E-state index contributed by atoms with van der Waals surface area (Å²) in [6.07, 6.45) is 0. The van der Waals surface area contributed by atoms with E-state index in [0.29, 0.717) is 0 Å². The van der Waals surface area contributed by atoms with E-state index in [1.165, 1.54) is 5.56 Å². The van der Waals surface area contributed by atoms with E-state index in [1.807, 2.05) is 18.7 Å². The Bertz CT molecular complexity index is 537. The third kappa shape index (κ3) is 3.95. The lowest BCUT2D eigenvalue weighted by molar-refractivity contribution is 0.0648. The molecule has 2 rings (SSSR count). The van der Waals surface area contributed by atoms with Crippen LogP contribution in [0.4, 0.5) is 0 Å². The highest BCUT2D eigenvalue weighted by Crippen LogP contribution is 2.19. The zero-order chi connectivity index (χ0) is 15.6. The Hall–Kier alpha value is -1.13. The maximum atomic E-state index is 12.8. The maximum absolute atomic E-state index is 12.8. The maximum Gasteiger partial charge on any atom is 0.254 e. The van der Waals surface area contributed by atoms with Gasteiger partial charge in [-0.25, -0.2) is 0 Å². The fourth-order valence-electron chi connectivity index (χ4n) is 3.03. The van der Waals surface area contributed by atoms with E-state index >= 15 is 0 Å². The molecule has 0 bridgehead atoms. The second kappa shape index (κ2) is 6.75. The Morgan fingerprint density at radius 3 is 2.14 bits per heavy atom. The minimum Gasteiger partial charge on any atom is -0.336 e. The van der Waals surface area contributed by atoms with Gasteiger partial charge in [0.2, 0.25) is 0 Å². The van der Waals surface area contributed by atoms with Crippen molar-refractivity contribution in [3.05, 3.63) is 45.4 Å². The van der Waals surface area contributed by atoms with Crippen molar-refractivity contribution >= 4 is 21.8 Å². The van der Waals surface area contributed by atoms with Crippen molar-refractivity contribution in [1.82, 2.24) is 9.80 Å². The quantitative estimate of drug-likeness (QED) is 0.835. The summed E-state index contributed by atoms with van der Waals surface area (Å²) in [5.74, 6) is 0.169. The molecule has 3 nitrogen and oxygen atoms in total. The molecule has 1 aromatic rings. The van der Waals surface area contributed by atoms with Crippen LogP contribution in [-0.4, -0.2) is 48.4 Å². The Labute approximate surface area is 135 Å². The predicted octanol–water partition coefficient (Wildman–Crippen LogP) is 3.28. The SMILES string of the molecule is C=C(Br)CN1CCN(C(=O)c2c(C)cc(C)cc2C)CC1. The second-order valence-corrected chi connectivity index (χ2v) is 6.98. The third-order valence-electron chi connectivity index (χ3n) is 3.95. The average molecular weight is 351 g/mol. The molecule has 1 heterocycles. The highest BCUT2D eigenvalue weighted by molar-refractivity contribution is 9.11. The summed E-state index contributed by atoms with van der Waals surface area (Å²) in [5.41, 5.74) is 4.24. The molecule has 1 fully saturated rings. The van der Waals surface area contributed by atoms with E-state index in [4.69, 9.17) is 0 Å². The van der Waals surface area contributed by atoms with Crippen molar-refractivity contribution in [1.29, 1.82) is 0 Å². The van der Waals surface area contributed by atoms with Crippen LogP contribution in [0.5, 0.6) is 0 Å². The van der Waals surface area contributed by atoms with Gasteiger partial charge < -0.3 is 4.90 Å². The molecule has 0 unspecified atom stereocenters. The molecule has 0 spiro atoms. The lowest BCUT2D eigenvalue weighted by atomic mass is 9.98. The van der Waals surface area contributed by atoms with Crippen molar-refractivity contribution < 1.29 is 4.79 Å². The molecule has 0 aromatic heterocycles. The number of benzene rings is 1. The summed E-state index contributed by atoms with van der Waals surface area (Å²) in [6.45, 7) is 14.2. The van der Waals surface area contributed by atoms with Crippen LogP contribution in [0.1, 0.15) is 27.0 Å². The molecular formula is C17H23BrN2O. The van der Waals surface area contributed by atoms with Gasteiger partial charge in [-0.15, -0.1) is 0 Å². The molecule has 1 saturated heterocycles. The van der Waals surface area contributed by atoms with Gasteiger partial charge in [0.1, 0.15) is 0 Å². The number of hydrogen-bond acceptors (Lipinski definition) is 2. The molecule has 1 aliphatic heterocycles. The van der Waals surface area contributed by atoms with Gasteiger partial charge in [-0.2, -0.15) is 0 Å². The first-order valence-electron chi connectivity index (χ1n) is 7.31. The van der Waals surface area contributed by atoms with Crippen molar-refractivity contribution in [2.24, 2.45) is 0 Å². The number of aryl methyl sites for hydroxylation is 3. The van der Waals surface area contributed by atoms with Crippen molar-refractivity contribution in [3.63, 3.8) is 0 Å². The minimum absolute atomic E-state index is 0.169. The van der Waals surface area contributed by atoms with Gasteiger partial charge >= 0.3 is 0 Å². The van der Waals surface area contributed by atoms with Gasteiger partial charge in [0.15, 0.2) is 0 Å². The van der Waals surface area contributed by atoms with Gasteiger partial charge in [-0.3, -0.25) is 9.69 Å². The Kier molecular flexibility index (Phi) is 5.22. The van der Waals surface area contributed by atoms with Crippen LogP contribution in [0.25, 0.3) is 0 Å². The number of carbonyl (C=O) groups excluding carboxylic acids is 1. The predicted molar refractivity (Wildman–Crippen MR) is 91.1 cm³/mol. The van der Waals surface area contributed by atoms with E-state index in [0.717, 1.165) is 53.9 Å². The van der Waals surface area contributed by atoms with Gasteiger partial charge in [0.05, 0.1) is 0 Å². The number of rotatable bonds is 3. The lowest BCUT2D eigenvalue weighted by Crippen LogP contribution is -2.49. The first kappa shape index (κ1) is 16.2. The van der Waals surface area contributed by atoms with Crippen LogP contribution in [-0.2, 0) is 0 Å². The summed E-state index contributed by atoms with van der Waals surface area (Å²) in [7, 11) is 0. The molecule has 0 atom stereocenters. The second-order valence-electron chi connectivity index (χ2n) is 5.86. The molecule has 4 heteroatoms. The van der Waals surface area contributed by atoms with Crippen LogP contribution in [0.15, 0.2) is 23.2 Å². The Morgan fingerprint density at radius 1 is 1.14 bits per heavy atom. The smallest absolute Gasteiger partial charge is 0.254 e. The van der Waals surface area contributed by atoms with Gasteiger partial charge in [0.25, 0.3) is 5.91 Å². The van der Waals surface area contributed by atoms with Crippen molar-refractivity contribution in [2.75, 3.05) is 32.7 Å². The molecule has 0 N–H and O–H groups in total. The van der Waals surface area contributed by atoms with Gasteiger partial charge in [-0.05, 0) is 31.9 Å². The first-order chi connectivity index (χ1) is 9.88. The molecule has 114 valence electrons. The van der Waals surface area contributed by atoms with Crippen LogP contribution in [0.2, 0.25) is 0 Å². The van der Waals surface area contributed by atoms with Crippen molar-refractivity contribution in [2.45, 2.75) is 20.8 Å². The molecule has 0 saturated carbocycles. The summed E-state index contributed by atoms with van der Waals surface area (Å²) in [6, 6.07) is 4.18. The summed E-state index contributed by atoms with van der Waals surface area (Å²) in [5, 5.41) is 0. The van der Waals surface area contributed by atoms with E-state index in [1.54, 1.807) is 0 Å². The first-order valence-corrected chi connectivity index (χ1v) is 8.10. The normalized spacial score (nSPS) is 16.1. The number of nitrogens with zero attached hydrogens (tertiary/aromatic N) is 2. The van der Waals surface area contributed by atoms with Crippen LogP contribution < -0.4 is 0 Å². The van der Waals surface area contributed by atoms with Gasteiger partial charge in [-0.1, -0.05) is 40.2 Å². The highest BCUT2D eigenvalue weighted by atomic mass is 79.9. The summed E-state index contributed by atoms with van der Waals surface area (Å²) < 4.78 is 0.993. The third-order valence-corrected chi connectivity index (χ3v) is 4.20. The topological polar surface area (TPSA) is 23.6 Å². The largest absolute Gasteiger partial charge is 0.336 e. The molecular weight excluding hydrogens is 328 g/mol. The average Bonchev–Trinajstić information content (AvgIpc) is 2.37. The van der Waals surface area contributed by atoms with E-state index in [2.05, 4.69) is 46.5 Å².